The first kappa shape index (κ1) is 16.6. The lowest BCUT2D eigenvalue weighted by molar-refractivity contribution is -0.137. The number of hydrogen-bond acceptors (Lipinski definition) is 1. The Balaban J connectivity index is 2.79. The van der Waals surface area contributed by atoms with Gasteiger partial charge in [0, 0.05) is 6.54 Å². The molecule has 112 valence electrons. The van der Waals surface area contributed by atoms with Crippen molar-refractivity contribution in [3.8, 4) is 0 Å². The number of halogens is 4. The Morgan fingerprint density at radius 2 is 1.85 bits per heavy atom. The van der Waals surface area contributed by atoms with Crippen molar-refractivity contribution in [2.24, 2.45) is 5.41 Å². The zero-order valence-corrected chi connectivity index (χ0v) is 12.1. The molecule has 0 bridgehead atoms. The van der Waals surface area contributed by atoms with Gasteiger partial charge in [-0.15, -0.1) is 0 Å². The van der Waals surface area contributed by atoms with Gasteiger partial charge in [-0.2, -0.15) is 13.2 Å². The van der Waals surface area contributed by atoms with Crippen molar-refractivity contribution in [3.05, 3.63) is 28.8 Å². The first-order chi connectivity index (χ1) is 8.99. The third-order valence-electron chi connectivity index (χ3n) is 2.32. The summed E-state index contributed by atoms with van der Waals surface area (Å²) in [6.45, 7) is 6.15. The molecule has 0 saturated carbocycles. The van der Waals surface area contributed by atoms with Crippen molar-refractivity contribution in [1.82, 2.24) is 5.32 Å². The number of nitrogens with one attached hydrogen (secondary N) is 2. The summed E-state index contributed by atoms with van der Waals surface area (Å²) in [5.41, 5.74) is -1.07. The van der Waals surface area contributed by atoms with E-state index in [2.05, 4.69) is 10.6 Å². The van der Waals surface area contributed by atoms with Crippen LogP contribution in [0.5, 0.6) is 0 Å². The molecule has 0 atom stereocenters. The van der Waals surface area contributed by atoms with Crippen molar-refractivity contribution < 1.29 is 18.0 Å². The number of alkyl halides is 3. The molecule has 0 unspecified atom stereocenters. The van der Waals surface area contributed by atoms with Crippen LogP contribution >= 0.6 is 11.6 Å². The first-order valence-electron chi connectivity index (χ1n) is 5.91. The minimum absolute atomic E-state index is 0.0453. The van der Waals surface area contributed by atoms with Gasteiger partial charge in [0.05, 0.1) is 16.3 Å². The molecule has 0 heterocycles. The summed E-state index contributed by atoms with van der Waals surface area (Å²) in [5.74, 6) is 0. The van der Waals surface area contributed by atoms with Crippen molar-refractivity contribution >= 4 is 23.3 Å². The molecular weight excluding hydrogens is 293 g/mol. The fourth-order valence-corrected chi connectivity index (χ4v) is 1.47. The third-order valence-corrected chi connectivity index (χ3v) is 2.65. The molecular formula is C13H16ClF3N2O. The van der Waals surface area contributed by atoms with E-state index in [9.17, 15) is 18.0 Å². The highest BCUT2D eigenvalue weighted by Gasteiger charge is 2.31. The Hall–Kier alpha value is -1.43. The molecule has 0 fully saturated rings. The fraction of sp³-hybridized carbons (Fsp3) is 0.462. The molecule has 1 aromatic carbocycles. The van der Waals surface area contributed by atoms with Gasteiger partial charge >= 0.3 is 12.2 Å². The predicted octanol–water partition coefficient (Wildman–Crippen LogP) is 4.53. The standard InChI is InChI=1S/C13H16ClF3N2O/c1-12(2,3)7-18-11(20)19-10-6-8(13(15,16)17)4-5-9(10)14/h4-6H,7H2,1-3H3,(H2,18,19,20). The van der Waals surface area contributed by atoms with E-state index in [1.807, 2.05) is 20.8 Å². The predicted molar refractivity (Wildman–Crippen MR) is 72.9 cm³/mol. The maximum absolute atomic E-state index is 12.6. The average Bonchev–Trinajstić information content (AvgIpc) is 2.27. The summed E-state index contributed by atoms with van der Waals surface area (Å²) in [5, 5.41) is 4.93. The number of amides is 2. The highest BCUT2D eigenvalue weighted by molar-refractivity contribution is 6.33. The summed E-state index contributed by atoms with van der Waals surface area (Å²) in [4.78, 5) is 11.6. The van der Waals surface area contributed by atoms with Crippen LogP contribution in [0.1, 0.15) is 26.3 Å². The lowest BCUT2D eigenvalue weighted by Crippen LogP contribution is -2.35. The number of carbonyl (C=O) groups is 1. The largest absolute Gasteiger partial charge is 0.416 e. The summed E-state index contributed by atoms with van der Waals surface area (Å²) in [6, 6.07) is 2.17. The molecule has 0 saturated heterocycles. The van der Waals surface area contributed by atoms with Gasteiger partial charge in [0.1, 0.15) is 0 Å². The summed E-state index contributed by atoms with van der Waals surface area (Å²) < 4.78 is 37.7. The highest BCUT2D eigenvalue weighted by Crippen LogP contribution is 2.33. The quantitative estimate of drug-likeness (QED) is 0.828. The minimum Gasteiger partial charge on any atom is -0.337 e. The molecule has 2 amide bonds. The molecule has 1 rings (SSSR count). The molecule has 0 spiro atoms. The van der Waals surface area contributed by atoms with Crippen LogP contribution in [0.2, 0.25) is 5.02 Å². The van der Waals surface area contributed by atoms with Gasteiger partial charge in [0.2, 0.25) is 0 Å². The van der Waals surface area contributed by atoms with E-state index in [-0.39, 0.29) is 16.1 Å². The summed E-state index contributed by atoms with van der Waals surface area (Å²) in [7, 11) is 0. The number of benzene rings is 1. The van der Waals surface area contributed by atoms with Crippen LogP contribution in [-0.4, -0.2) is 12.6 Å². The number of hydrogen-bond donors (Lipinski definition) is 2. The Morgan fingerprint density at radius 3 is 2.35 bits per heavy atom. The second-order valence-corrected chi connectivity index (χ2v) is 5.97. The van der Waals surface area contributed by atoms with E-state index >= 15 is 0 Å². The maximum atomic E-state index is 12.6. The minimum atomic E-state index is -4.48. The molecule has 0 aromatic heterocycles. The van der Waals surface area contributed by atoms with Gasteiger partial charge in [-0.25, -0.2) is 4.79 Å². The number of anilines is 1. The molecule has 0 aliphatic carbocycles. The normalized spacial score (nSPS) is 12.2. The SMILES string of the molecule is CC(C)(C)CNC(=O)Nc1cc(C(F)(F)F)ccc1Cl. The van der Waals surface area contributed by atoms with E-state index in [4.69, 9.17) is 11.6 Å². The van der Waals surface area contributed by atoms with Gasteiger partial charge in [-0.3, -0.25) is 0 Å². The molecule has 2 N–H and O–H groups in total. The van der Waals surface area contributed by atoms with Crippen LogP contribution in [0.15, 0.2) is 18.2 Å². The third kappa shape index (κ3) is 5.28. The van der Waals surface area contributed by atoms with Crippen molar-refractivity contribution in [2.45, 2.75) is 26.9 Å². The molecule has 0 aliphatic heterocycles. The monoisotopic (exact) mass is 308 g/mol. The second kappa shape index (κ2) is 5.91. The van der Waals surface area contributed by atoms with E-state index < -0.39 is 17.8 Å². The second-order valence-electron chi connectivity index (χ2n) is 5.56. The van der Waals surface area contributed by atoms with E-state index in [0.29, 0.717) is 6.54 Å². The van der Waals surface area contributed by atoms with Gasteiger partial charge in [-0.1, -0.05) is 32.4 Å². The maximum Gasteiger partial charge on any atom is 0.416 e. The average molecular weight is 309 g/mol. The van der Waals surface area contributed by atoms with Gasteiger partial charge in [-0.05, 0) is 23.6 Å². The topological polar surface area (TPSA) is 41.1 Å². The zero-order valence-electron chi connectivity index (χ0n) is 11.4. The molecule has 7 heteroatoms. The van der Waals surface area contributed by atoms with Crippen molar-refractivity contribution in [2.75, 3.05) is 11.9 Å². The van der Waals surface area contributed by atoms with E-state index in [1.165, 1.54) is 0 Å². The first-order valence-corrected chi connectivity index (χ1v) is 6.28. The zero-order chi connectivity index (χ0) is 15.6. The highest BCUT2D eigenvalue weighted by atomic mass is 35.5. The number of rotatable bonds is 2. The van der Waals surface area contributed by atoms with Gasteiger partial charge in [0.15, 0.2) is 0 Å². The Kier molecular flexibility index (Phi) is 4.91. The molecule has 0 aliphatic rings. The number of urea groups is 1. The molecule has 0 radical (unpaired) electrons. The van der Waals surface area contributed by atoms with Gasteiger partial charge < -0.3 is 10.6 Å². The molecule has 1 aromatic rings. The molecule has 3 nitrogen and oxygen atoms in total. The molecule has 20 heavy (non-hydrogen) atoms. The summed E-state index contributed by atoms with van der Waals surface area (Å²) in [6.07, 6.45) is -4.48. The number of carbonyl (C=O) groups excluding carboxylic acids is 1. The Morgan fingerprint density at radius 1 is 1.25 bits per heavy atom. The van der Waals surface area contributed by atoms with E-state index in [1.54, 1.807) is 0 Å². The van der Waals surface area contributed by atoms with E-state index in [0.717, 1.165) is 18.2 Å². The Labute approximate surface area is 120 Å². The Bertz CT molecular complexity index is 495. The van der Waals surface area contributed by atoms with Crippen molar-refractivity contribution in [1.29, 1.82) is 0 Å². The smallest absolute Gasteiger partial charge is 0.337 e. The van der Waals surface area contributed by atoms with Gasteiger partial charge in [0.25, 0.3) is 0 Å². The van der Waals surface area contributed by atoms with Crippen LogP contribution in [-0.2, 0) is 6.18 Å². The fourth-order valence-electron chi connectivity index (χ4n) is 1.31. The lowest BCUT2D eigenvalue weighted by atomic mass is 9.97. The summed E-state index contributed by atoms with van der Waals surface area (Å²) >= 11 is 5.77. The van der Waals surface area contributed by atoms with Crippen molar-refractivity contribution in [3.63, 3.8) is 0 Å². The van der Waals surface area contributed by atoms with Crippen LogP contribution < -0.4 is 10.6 Å². The van der Waals surface area contributed by atoms with Crippen LogP contribution in [0.25, 0.3) is 0 Å². The van der Waals surface area contributed by atoms with Crippen LogP contribution in [0, 0.1) is 5.41 Å². The lowest BCUT2D eigenvalue weighted by Gasteiger charge is -2.19. The van der Waals surface area contributed by atoms with Crippen LogP contribution in [0.3, 0.4) is 0 Å². The van der Waals surface area contributed by atoms with Crippen LogP contribution in [0.4, 0.5) is 23.7 Å².